The van der Waals surface area contributed by atoms with Crippen molar-refractivity contribution in [2.45, 2.75) is 0 Å². The lowest BCUT2D eigenvalue weighted by atomic mass is 10.0. The molecule has 0 saturated heterocycles. The maximum atomic E-state index is 5.04. The molecule has 4 heterocycles. The van der Waals surface area contributed by atoms with E-state index in [-0.39, 0.29) is 0 Å². The fourth-order valence-corrected chi connectivity index (χ4v) is 4.62. The van der Waals surface area contributed by atoms with Gasteiger partial charge >= 0.3 is 0 Å². The Morgan fingerprint density at radius 3 is 2.36 bits per heavy atom. The van der Waals surface area contributed by atoms with E-state index in [1.807, 2.05) is 22.8 Å². The van der Waals surface area contributed by atoms with Crippen LogP contribution in [0.15, 0.2) is 109 Å². The van der Waals surface area contributed by atoms with Gasteiger partial charge in [-0.15, -0.1) is 0 Å². The van der Waals surface area contributed by atoms with Crippen LogP contribution in [0.3, 0.4) is 0 Å². The van der Waals surface area contributed by atoms with Crippen molar-refractivity contribution in [3.8, 4) is 22.5 Å². The van der Waals surface area contributed by atoms with E-state index in [2.05, 4.69) is 96.0 Å². The van der Waals surface area contributed by atoms with Crippen LogP contribution in [0.4, 0.5) is 0 Å². The van der Waals surface area contributed by atoms with Crippen LogP contribution < -0.4 is 0 Å². The average molecular weight is 422 g/mol. The molecule has 33 heavy (non-hydrogen) atoms. The van der Waals surface area contributed by atoms with Crippen LogP contribution in [0, 0.1) is 0 Å². The number of aromatic nitrogens is 4. The zero-order valence-corrected chi connectivity index (χ0v) is 17.7. The van der Waals surface area contributed by atoms with Gasteiger partial charge in [0, 0.05) is 22.4 Å². The Morgan fingerprint density at radius 1 is 0.606 bits per heavy atom. The fraction of sp³-hybridized carbons (Fsp3) is 0. The summed E-state index contributed by atoms with van der Waals surface area (Å²) in [6, 6.07) is 35.6. The topological polar surface area (TPSA) is 43.1 Å². The van der Waals surface area contributed by atoms with E-state index in [1.165, 1.54) is 11.1 Å². The summed E-state index contributed by atoms with van der Waals surface area (Å²) >= 11 is 0. The molecule has 7 aromatic rings. The van der Waals surface area contributed by atoms with Crippen LogP contribution in [-0.4, -0.2) is 19.6 Å². The molecule has 0 saturated carbocycles. The Hall–Kier alpha value is -4.57. The van der Waals surface area contributed by atoms with Gasteiger partial charge in [0.1, 0.15) is 0 Å². The molecule has 4 heteroatoms. The van der Waals surface area contributed by atoms with E-state index in [0.717, 1.165) is 49.6 Å². The molecule has 0 aliphatic heterocycles. The Labute approximate surface area is 189 Å². The lowest BCUT2D eigenvalue weighted by Crippen LogP contribution is -1.96. The fourth-order valence-electron chi connectivity index (χ4n) is 4.62. The van der Waals surface area contributed by atoms with Crippen LogP contribution in [0.5, 0.6) is 0 Å². The van der Waals surface area contributed by atoms with E-state index in [0.29, 0.717) is 0 Å². The molecular weight excluding hydrogens is 404 g/mol. The molecule has 0 aliphatic rings. The SMILES string of the molecule is c1ccc(-c2ccc3nn4c(-c5ccc6ccc7cccnc7c6n5)cccc4c3c2)cc1. The van der Waals surface area contributed by atoms with E-state index in [9.17, 15) is 0 Å². The van der Waals surface area contributed by atoms with E-state index >= 15 is 0 Å². The molecule has 7 rings (SSSR count). The van der Waals surface area contributed by atoms with E-state index < -0.39 is 0 Å². The third-order valence-electron chi connectivity index (χ3n) is 6.25. The molecule has 0 fully saturated rings. The molecule has 0 atom stereocenters. The highest BCUT2D eigenvalue weighted by molar-refractivity contribution is 6.03. The van der Waals surface area contributed by atoms with Crippen molar-refractivity contribution < 1.29 is 0 Å². The van der Waals surface area contributed by atoms with Crippen LogP contribution in [0.1, 0.15) is 0 Å². The van der Waals surface area contributed by atoms with Crippen molar-refractivity contribution >= 4 is 38.2 Å². The Bertz CT molecular complexity index is 1820. The molecule has 0 aliphatic carbocycles. The number of hydrogen-bond acceptors (Lipinski definition) is 3. The molecule has 4 nitrogen and oxygen atoms in total. The number of nitrogens with zero attached hydrogens (tertiary/aromatic N) is 4. The van der Waals surface area contributed by atoms with Crippen molar-refractivity contribution in [1.29, 1.82) is 0 Å². The third kappa shape index (κ3) is 2.81. The number of benzene rings is 3. The normalized spacial score (nSPS) is 11.6. The summed E-state index contributed by atoms with van der Waals surface area (Å²) < 4.78 is 2.01. The highest BCUT2D eigenvalue weighted by atomic mass is 15.2. The van der Waals surface area contributed by atoms with E-state index in [4.69, 9.17) is 10.1 Å². The van der Waals surface area contributed by atoms with Gasteiger partial charge in [0.15, 0.2) is 0 Å². The second-order valence-electron chi connectivity index (χ2n) is 8.21. The Morgan fingerprint density at radius 2 is 1.45 bits per heavy atom. The summed E-state index contributed by atoms with van der Waals surface area (Å²) in [6.45, 7) is 0. The monoisotopic (exact) mass is 422 g/mol. The highest BCUT2D eigenvalue weighted by Gasteiger charge is 2.13. The van der Waals surface area contributed by atoms with Crippen LogP contribution in [0.2, 0.25) is 0 Å². The molecule has 0 amide bonds. The lowest BCUT2D eigenvalue weighted by molar-refractivity contribution is 0.984. The van der Waals surface area contributed by atoms with Gasteiger partial charge in [-0.05, 0) is 47.5 Å². The quantitative estimate of drug-likeness (QED) is 0.284. The van der Waals surface area contributed by atoms with Crippen LogP contribution in [-0.2, 0) is 0 Å². The maximum absolute atomic E-state index is 5.04. The predicted molar refractivity (Wildman–Crippen MR) is 134 cm³/mol. The molecule has 0 unspecified atom stereocenters. The van der Waals surface area contributed by atoms with Gasteiger partial charge < -0.3 is 0 Å². The van der Waals surface area contributed by atoms with Gasteiger partial charge in [0.2, 0.25) is 0 Å². The molecule has 4 aromatic heterocycles. The Balaban J connectivity index is 1.46. The van der Waals surface area contributed by atoms with Gasteiger partial charge in [-0.3, -0.25) is 4.98 Å². The first-order valence-corrected chi connectivity index (χ1v) is 11.0. The van der Waals surface area contributed by atoms with Crippen molar-refractivity contribution in [2.24, 2.45) is 0 Å². The second kappa shape index (κ2) is 6.97. The van der Waals surface area contributed by atoms with Crippen molar-refractivity contribution in [2.75, 3.05) is 0 Å². The Kier molecular flexibility index (Phi) is 3.81. The predicted octanol–water partition coefficient (Wildman–Crippen LogP) is 6.92. The zero-order valence-electron chi connectivity index (χ0n) is 17.7. The second-order valence-corrected chi connectivity index (χ2v) is 8.21. The first-order valence-electron chi connectivity index (χ1n) is 11.0. The maximum Gasteiger partial charge on any atom is 0.0972 e. The molecule has 0 bridgehead atoms. The largest absolute Gasteiger partial charge is 0.254 e. The smallest absolute Gasteiger partial charge is 0.0972 e. The molecule has 3 aromatic carbocycles. The minimum absolute atomic E-state index is 0.877. The summed E-state index contributed by atoms with van der Waals surface area (Å²) in [6.07, 6.45) is 1.82. The van der Waals surface area contributed by atoms with Crippen LogP contribution >= 0.6 is 0 Å². The summed E-state index contributed by atoms with van der Waals surface area (Å²) in [7, 11) is 0. The number of rotatable bonds is 2. The molecule has 0 N–H and O–H groups in total. The highest BCUT2D eigenvalue weighted by Crippen LogP contribution is 2.31. The van der Waals surface area contributed by atoms with Crippen molar-refractivity contribution in [1.82, 2.24) is 19.6 Å². The van der Waals surface area contributed by atoms with Gasteiger partial charge in [-0.2, -0.15) is 5.10 Å². The molecule has 0 radical (unpaired) electrons. The van der Waals surface area contributed by atoms with Gasteiger partial charge in [0.05, 0.1) is 33.5 Å². The van der Waals surface area contributed by atoms with Crippen molar-refractivity contribution in [3.05, 3.63) is 109 Å². The minimum atomic E-state index is 0.877. The summed E-state index contributed by atoms with van der Waals surface area (Å²) in [5, 5.41) is 8.23. The summed E-state index contributed by atoms with van der Waals surface area (Å²) in [5.41, 5.74) is 8.08. The first kappa shape index (κ1) is 18.0. The van der Waals surface area contributed by atoms with E-state index in [1.54, 1.807) is 0 Å². The first-order chi connectivity index (χ1) is 16.3. The standard InChI is InChI=1S/C29H18N4/c1-2-6-19(7-3-1)22-14-15-24-23(18-22)26-9-4-10-27(33(26)32-24)25-16-13-21-12-11-20-8-5-17-30-28(20)29(21)31-25/h1-18H. The molecule has 0 spiro atoms. The zero-order chi connectivity index (χ0) is 21.8. The molecule has 154 valence electrons. The summed E-state index contributed by atoms with van der Waals surface area (Å²) in [4.78, 5) is 9.63. The number of fused-ring (bicyclic) bond motifs is 6. The average Bonchev–Trinajstić information content (AvgIpc) is 3.27. The molecular formula is C29H18N4. The van der Waals surface area contributed by atoms with Crippen LogP contribution in [0.25, 0.3) is 60.7 Å². The van der Waals surface area contributed by atoms with Gasteiger partial charge in [-0.25, -0.2) is 9.50 Å². The van der Waals surface area contributed by atoms with Gasteiger partial charge in [0.25, 0.3) is 0 Å². The third-order valence-corrected chi connectivity index (χ3v) is 6.25. The van der Waals surface area contributed by atoms with Crippen molar-refractivity contribution in [3.63, 3.8) is 0 Å². The van der Waals surface area contributed by atoms with Gasteiger partial charge in [-0.1, -0.05) is 66.7 Å². The minimum Gasteiger partial charge on any atom is -0.254 e. The number of hydrogen-bond donors (Lipinski definition) is 0. The lowest BCUT2D eigenvalue weighted by Gasteiger charge is -2.07. The number of pyridine rings is 3. The summed E-state index contributed by atoms with van der Waals surface area (Å²) in [5.74, 6) is 0.